The third-order valence-electron chi connectivity index (χ3n) is 3.98. The normalized spacial score (nSPS) is 33.0. The quantitative estimate of drug-likeness (QED) is 0.558. The van der Waals surface area contributed by atoms with Crippen molar-refractivity contribution in [2.75, 3.05) is 6.61 Å². The summed E-state index contributed by atoms with van der Waals surface area (Å²) in [5.74, 6) is 0.876. The lowest BCUT2D eigenvalue weighted by Crippen LogP contribution is -2.47. The molecule has 2 rings (SSSR count). The van der Waals surface area contributed by atoms with Gasteiger partial charge < -0.3 is 4.74 Å². The van der Waals surface area contributed by atoms with Crippen LogP contribution in [-0.4, -0.2) is 12.2 Å². The highest BCUT2D eigenvalue weighted by molar-refractivity contribution is 4.96. The molecule has 0 unspecified atom stereocenters. The van der Waals surface area contributed by atoms with Gasteiger partial charge in [-0.3, -0.25) is 0 Å². The fraction of sp³-hybridized carbons (Fsp3) is 1.00. The largest absolute Gasteiger partial charge is 0.375 e. The summed E-state index contributed by atoms with van der Waals surface area (Å²) in [6, 6.07) is 0. The maximum atomic E-state index is 5.93. The Hall–Kier alpha value is -0.0400. The van der Waals surface area contributed by atoms with E-state index in [0.29, 0.717) is 11.0 Å². The van der Waals surface area contributed by atoms with Crippen LogP contribution in [-0.2, 0) is 4.74 Å². The first-order valence-corrected chi connectivity index (χ1v) is 5.66. The summed E-state index contributed by atoms with van der Waals surface area (Å²) in [4.78, 5) is 0. The van der Waals surface area contributed by atoms with Crippen molar-refractivity contribution in [3.8, 4) is 0 Å². The second kappa shape index (κ2) is 2.98. The molecule has 2 aliphatic rings. The molecular formula is C12H22O. The third-order valence-corrected chi connectivity index (χ3v) is 3.98. The molecule has 0 N–H and O–H groups in total. The van der Waals surface area contributed by atoms with Crippen molar-refractivity contribution in [1.82, 2.24) is 0 Å². The Balaban J connectivity index is 2.00. The molecule has 1 spiro atoms. The van der Waals surface area contributed by atoms with Gasteiger partial charge in [0.15, 0.2) is 0 Å². The minimum Gasteiger partial charge on any atom is -0.375 e. The molecule has 1 saturated carbocycles. The van der Waals surface area contributed by atoms with E-state index in [1.54, 1.807) is 0 Å². The molecule has 13 heavy (non-hydrogen) atoms. The first-order chi connectivity index (χ1) is 6.02. The van der Waals surface area contributed by atoms with Crippen LogP contribution in [0.25, 0.3) is 0 Å². The van der Waals surface area contributed by atoms with Crippen molar-refractivity contribution in [2.45, 2.75) is 58.5 Å². The van der Waals surface area contributed by atoms with E-state index in [2.05, 4.69) is 20.8 Å². The van der Waals surface area contributed by atoms with E-state index in [-0.39, 0.29) is 0 Å². The summed E-state index contributed by atoms with van der Waals surface area (Å²) in [6.45, 7) is 8.11. The lowest BCUT2D eigenvalue weighted by molar-refractivity contribution is -0.155. The van der Waals surface area contributed by atoms with Crippen LogP contribution in [0.4, 0.5) is 0 Å². The summed E-state index contributed by atoms with van der Waals surface area (Å²) in [5, 5.41) is 0. The van der Waals surface area contributed by atoms with E-state index < -0.39 is 0 Å². The predicted molar refractivity (Wildman–Crippen MR) is 54.7 cm³/mol. The van der Waals surface area contributed by atoms with E-state index >= 15 is 0 Å². The molecule has 1 heteroatoms. The zero-order valence-electron chi connectivity index (χ0n) is 9.23. The number of hydrogen-bond donors (Lipinski definition) is 0. The van der Waals surface area contributed by atoms with Crippen molar-refractivity contribution in [2.24, 2.45) is 11.3 Å². The molecule has 1 atom stereocenters. The average molecular weight is 182 g/mol. The molecule has 1 saturated heterocycles. The number of ether oxygens (including phenoxy) is 1. The first-order valence-electron chi connectivity index (χ1n) is 5.66. The lowest BCUT2D eigenvalue weighted by Gasteiger charge is -2.50. The van der Waals surface area contributed by atoms with E-state index in [4.69, 9.17) is 4.74 Å². The minimum atomic E-state index is 0.330. The first kappa shape index (κ1) is 9.51. The van der Waals surface area contributed by atoms with E-state index in [1.807, 2.05) is 0 Å². The van der Waals surface area contributed by atoms with Gasteiger partial charge in [0.1, 0.15) is 0 Å². The molecule has 1 heterocycles. The zero-order valence-corrected chi connectivity index (χ0v) is 9.23. The van der Waals surface area contributed by atoms with Gasteiger partial charge in [-0.15, -0.1) is 0 Å². The summed E-state index contributed by atoms with van der Waals surface area (Å²) in [5.41, 5.74) is 0.808. The Labute approximate surface area is 81.9 Å². The summed E-state index contributed by atoms with van der Waals surface area (Å²) in [6.07, 6.45) is 6.61. The van der Waals surface area contributed by atoms with Gasteiger partial charge in [-0.05, 0) is 43.4 Å². The van der Waals surface area contributed by atoms with Crippen LogP contribution in [0.15, 0.2) is 0 Å². The second-order valence-electron chi connectivity index (χ2n) is 5.94. The van der Waals surface area contributed by atoms with Crippen molar-refractivity contribution in [3.63, 3.8) is 0 Å². The molecule has 1 aliphatic carbocycles. The highest BCUT2D eigenvalue weighted by Crippen LogP contribution is 2.48. The SMILES string of the molecule is CC(C)(C)[C@@H]1CCOC2(CCC2)C1. The molecule has 0 radical (unpaired) electrons. The predicted octanol–water partition coefficient (Wildman–Crippen LogP) is 3.38. The smallest absolute Gasteiger partial charge is 0.0685 e. The van der Waals surface area contributed by atoms with Crippen LogP contribution in [0.2, 0.25) is 0 Å². The summed E-state index contributed by atoms with van der Waals surface area (Å²) < 4.78 is 5.93. The highest BCUT2D eigenvalue weighted by Gasteiger charge is 2.44. The summed E-state index contributed by atoms with van der Waals surface area (Å²) >= 11 is 0. The van der Waals surface area contributed by atoms with Gasteiger partial charge in [0.05, 0.1) is 5.60 Å². The lowest BCUT2D eigenvalue weighted by atomic mass is 9.65. The van der Waals surface area contributed by atoms with Crippen LogP contribution in [0, 0.1) is 11.3 Å². The number of rotatable bonds is 0. The van der Waals surface area contributed by atoms with Gasteiger partial charge in [0, 0.05) is 6.61 Å². The average Bonchev–Trinajstić information content (AvgIpc) is 2.00. The van der Waals surface area contributed by atoms with Crippen LogP contribution in [0.1, 0.15) is 52.9 Å². The Kier molecular flexibility index (Phi) is 2.18. The van der Waals surface area contributed by atoms with Crippen molar-refractivity contribution in [1.29, 1.82) is 0 Å². The van der Waals surface area contributed by atoms with Crippen LogP contribution >= 0.6 is 0 Å². The van der Waals surface area contributed by atoms with Crippen LogP contribution in [0.5, 0.6) is 0 Å². The topological polar surface area (TPSA) is 9.23 Å². The third kappa shape index (κ3) is 1.76. The Morgan fingerprint density at radius 1 is 1.23 bits per heavy atom. The van der Waals surface area contributed by atoms with Crippen molar-refractivity contribution in [3.05, 3.63) is 0 Å². The van der Waals surface area contributed by atoms with Gasteiger partial charge in [0.25, 0.3) is 0 Å². The van der Waals surface area contributed by atoms with Gasteiger partial charge in [-0.2, -0.15) is 0 Å². The van der Waals surface area contributed by atoms with E-state index in [9.17, 15) is 0 Å². The standard InChI is InChI=1S/C12H22O/c1-11(2,3)10-5-8-13-12(9-10)6-4-7-12/h10H,4-9H2,1-3H3/t10-/m1/s1. The molecule has 0 bridgehead atoms. The van der Waals surface area contributed by atoms with Crippen LogP contribution < -0.4 is 0 Å². The zero-order chi connectivity index (χ0) is 9.53. The maximum Gasteiger partial charge on any atom is 0.0685 e. The van der Waals surface area contributed by atoms with Crippen molar-refractivity contribution >= 4 is 0 Å². The highest BCUT2D eigenvalue weighted by atomic mass is 16.5. The minimum absolute atomic E-state index is 0.330. The molecular weight excluding hydrogens is 160 g/mol. The molecule has 1 nitrogen and oxygen atoms in total. The Morgan fingerprint density at radius 3 is 2.38 bits per heavy atom. The molecule has 76 valence electrons. The Bertz CT molecular complexity index is 186. The van der Waals surface area contributed by atoms with Gasteiger partial charge >= 0.3 is 0 Å². The van der Waals surface area contributed by atoms with Gasteiger partial charge in [-0.1, -0.05) is 20.8 Å². The molecule has 1 aliphatic heterocycles. The molecule has 0 aromatic carbocycles. The van der Waals surface area contributed by atoms with Gasteiger partial charge in [0.2, 0.25) is 0 Å². The maximum absolute atomic E-state index is 5.93. The second-order valence-corrected chi connectivity index (χ2v) is 5.94. The monoisotopic (exact) mass is 182 g/mol. The molecule has 2 fully saturated rings. The van der Waals surface area contributed by atoms with E-state index in [1.165, 1.54) is 32.1 Å². The van der Waals surface area contributed by atoms with Crippen molar-refractivity contribution < 1.29 is 4.74 Å². The van der Waals surface area contributed by atoms with E-state index in [0.717, 1.165) is 12.5 Å². The molecule has 0 aromatic heterocycles. The van der Waals surface area contributed by atoms with Gasteiger partial charge in [-0.25, -0.2) is 0 Å². The fourth-order valence-electron chi connectivity index (χ4n) is 2.69. The summed E-state index contributed by atoms with van der Waals surface area (Å²) in [7, 11) is 0. The fourth-order valence-corrected chi connectivity index (χ4v) is 2.69. The number of hydrogen-bond acceptors (Lipinski definition) is 1. The molecule has 0 aromatic rings. The van der Waals surface area contributed by atoms with Crippen LogP contribution in [0.3, 0.4) is 0 Å². The molecule has 0 amide bonds. The Morgan fingerprint density at radius 2 is 1.92 bits per heavy atom.